The average Bonchev–Trinajstić information content (AvgIpc) is 3.52. The first kappa shape index (κ1) is 28.6. The molecular weight excluding hydrogens is 512 g/mol. The zero-order chi connectivity index (χ0) is 28.6. The highest BCUT2D eigenvalue weighted by Gasteiger charge is 2.25. The van der Waals surface area contributed by atoms with Gasteiger partial charge in [-0.2, -0.15) is 0 Å². The molecule has 2 aromatic heterocycles. The highest BCUT2D eigenvalue weighted by atomic mass is 16.6. The minimum atomic E-state index is -0.560. The van der Waals surface area contributed by atoms with E-state index in [-0.39, 0.29) is 35.9 Å². The van der Waals surface area contributed by atoms with E-state index in [1.54, 1.807) is 0 Å². The lowest BCUT2D eigenvalue weighted by atomic mass is 10.0. The Kier molecular flexibility index (Phi) is 9.33. The van der Waals surface area contributed by atoms with E-state index in [0.29, 0.717) is 25.5 Å². The van der Waals surface area contributed by atoms with Gasteiger partial charge in [-0.25, -0.2) is 4.98 Å². The molecule has 0 bridgehead atoms. The van der Waals surface area contributed by atoms with Crippen LogP contribution in [0.2, 0.25) is 0 Å². The molecule has 1 aromatic carbocycles. The second-order valence-electron chi connectivity index (χ2n) is 9.98. The molecule has 3 aromatic rings. The van der Waals surface area contributed by atoms with Gasteiger partial charge in [-0.3, -0.25) is 24.6 Å². The van der Waals surface area contributed by atoms with E-state index in [0.717, 1.165) is 42.6 Å². The summed E-state index contributed by atoms with van der Waals surface area (Å²) >= 11 is 0. The fourth-order valence-electron chi connectivity index (χ4n) is 4.86. The molecule has 4 rings (SSSR count). The Morgan fingerprint density at radius 3 is 2.62 bits per heavy atom. The summed E-state index contributed by atoms with van der Waals surface area (Å²) in [6.45, 7) is 6.54. The van der Waals surface area contributed by atoms with E-state index in [2.05, 4.69) is 52.1 Å². The molecule has 0 radical (unpaired) electrons. The molecule has 5 N–H and O–H groups in total. The molecule has 0 spiro atoms. The molecule has 0 saturated carbocycles. The topological polar surface area (TPSA) is 160 Å². The van der Waals surface area contributed by atoms with Gasteiger partial charge in [0.2, 0.25) is 17.6 Å². The number of likely N-dealkylation sites (tertiary alicyclic amines) is 1. The van der Waals surface area contributed by atoms with E-state index < -0.39 is 4.92 Å². The van der Waals surface area contributed by atoms with Crippen LogP contribution in [0.15, 0.2) is 48.8 Å². The van der Waals surface area contributed by atoms with Crippen LogP contribution in [-0.2, 0) is 22.6 Å². The van der Waals surface area contributed by atoms with E-state index in [1.165, 1.54) is 24.6 Å². The van der Waals surface area contributed by atoms with Gasteiger partial charge in [0, 0.05) is 63.2 Å². The first-order chi connectivity index (χ1) is 19.2. The number of nitrogens with two attached hydrogens (primary N) is 1. The van der Waals surface area contributed by atoms with Crippen molar-refractivity contribution in [3.05, 3.63) is 64.5 Å². The number of hydrogen-bond donors (Lipinski definition) is 4. The Hall–Kier alpha value is -4.45. The van der Waals surface area contributed by atoms with Gasteiger partial charge in [0.25, 0.3) is 0 Å². The number of carbonyl (C=O) groups excluding carboxylic acids is 2. The van der Waals surface area contributed by atoms with Crippen LogP contribution < -0.4 is 21.7 Å². The van der Waals surface area contributed by atoms with Gasteiger partial charge in [-0.1, -0.05) is 31.2 Å². The van der Waals surface area contributed by atoms with Crippen LogP contribution in [0.25, 0.3) is 11.1 Å². The number of aromatic nitrogens is 2. The minimum Gasteiger partial charge on any atom is -0.378 e. The largest absolute Gasteiger partial charge is 0.378 e. The van der Waals surface area contributed by atoms with Gasteiger partial charge < -0.3 is 26.3 Å². The fraction of sp³-hybridized carbons (Fsp3) is 0.393. The van der Waals surface area contributed by atoms with Crippen LogP contribution in [0.1, 0.15) is 32.3 Å². The maximum absolute atomic E-state index is 13.0. The first-order valence-electron chi connectivity index (χ1n) is 13.4. The lowest BCUT2D eigenvalue weighted by Gasteiger charge is -2.16. The van der Waals surface area contributed by atoms with Gasteiger partial charge in [0.15, 0.2) is 0 Å². The van der Waals surface area contributed by atoms with E-state index >= 15 is 0 Å². The Balaban J connectivity index is 1.39. The molecule has 1 aliphatic rings. The maximum Gasteiger partial charge on any atom is 0.311 e. The quantitative estimate of drug-likeness (QED) is 0.152. The molecule has 12 heteroatoms. The van der Waals surface area contributed by atoms with E-state index in [1.807, 2.05) is 21.9 Å². The van der Waals surface area contributed by atoms with Crippen LogP contribution in [0, 0.1) is 10.1 Å². The van der Waals surface area contributed by atoms with E-state index in [4.69, 9.17) is 5.73 Å². The van der Waals surface area contributed by atoms with Crippen molar-refractivity contribution in [1.29, 1.82) is 0 Å². The lowest BCUT2D eigenvalue weighted by molar-refractivity contribution is -0.384. The Morgan fingerprint density at radius 2 is 1.95 bits per heavy atom. The number of aryl methyl sites for hydroxylation is 2. The van der Waals surface area contributed by atoms with Gasteiger partial charge in [0.05, 0.1) is 17.2 Å². The Labute approximate surface area is 233 Å². The summed E-state index contributed by atoms with van der Waals surface area (Å²) in [7, 11) is 0. The minimum absolute atomic E-state index is 0.0558. The first-order valence-corrected chi connectivity index (χ1v) is 13.4. The summed E-state index contributed by atoms with van der Waals surface area (Å²) in [5.74, 6) is 0.192. The highest BCUT2D eigenvalue weighted by Crippen LogP contribution is 2.30. The smallest absolute Gasteiger partial charge is 0.311 e. The Bertz CT molecular complexity index is 1350. The number of rotatable bonds is 12. The monoisotopic (exact) mass is 548 g/mol. The standard InChI is InChI=1S/C28H36N8O4/c1-3-20-5-7-21(8-6-20)23-16-34(13-4-12-30-26-10-9-25(36(39)40)28(29)33-26)17-24(23)32-27(38)18-35-14-11-22(15-35)31-19(2)37/h5-10,16-17,22H,3-4,11-15,18H2,1-2H3,(H,31,37)(H,32,38)(H3,29,30,33)/t22-/m0/s1. The molecule has 3 heterocycles. The molecule has 0 aliphatic carbocycles. The molecule has 1 fully saturated rings. The van der Waals surface area contributed by atoms with Gasteiger partial charge in [-0.05, 0) is 36.5 Å². The molecule has 12 nitrogen and oxygen atoms in total. The van der Waals surface area contributed by atoms with Crippen molar-refractivity contribution in [2.45, 2.75) is 45.7 Å². The zero-order valence-electron chi connectivity index (χ0n) is 22.9. The number of nitro groups is 1. The van der Waals surface area contributed by atoms with Crippen molar-refractivity contribution in [3.8, 4) is 11.1 Å². The fourth-order valence-corrected chi connectivity index (χ4v) is 4.86. The molecule has 212 valence electrons. The van der Waals surface area contributed by atoms with Crippen LogP contribution in [0.4, 0.5) is 23.0 Å². The van der Waals surface area contributed by atoms with Gasteiger partial charge in [-0.15, -0.1) is 0 Å². The van der Waals surface area contributed by atoms with Crippen molar-refractivity contribution in [2.75, 3.05) is 42.5 Å². The summed E-state index contributed by atoms with van der Waals surface area (Å²) < 4.78 is 2.04. The molecule has 2 amide bonds. The molecular formula is C28H36N8O4. The van der Waals surface area contributed by atoms with Gasteiger partial charge in [0.1, 0.15) is 5.82 Å². The summed E-state index contributed by atoms with van der Waals surface area (Å²) in [6.07, 6.45) is 6.48. The highest BCUT2D eigenvalue weighted by molar-refractivity contribution is 5.96. The van der Waals surface area contributed by atoms with E-state index in [9.17, 15) is 19.7 Å². The number of benzene rings is 1. The van der Waals surface area contributed by atoms with Crippen LogP contribution in [-0.4, -0.2) is 63.4 Å². The van der Waals surface area contributed by atoms with Crippen molar-refractivity contribution in [1.82, 2.24) is 19.8 Å². The molecule has 1 aliphatic heterocycles. The van der Waals surface area contributed by atoms with Crippen molar-refractivity contribution in [3.63, 3.8) is 0 Å². The number of anilines is 3. The maximum atomic E-state index is 13.0. The molecule has 0 unspecified atom stereocenters. The second kappa shape index (κ2) is 13.1. The number of amides is 2. The van der Waals surface area contributed by atoms with Crippen LogP contribution >= 0.6 is 0 Å². The number of hydrogen-bond acceptors (Lipinski definition) is 8. The number of nitrogens with zero attached hydrogens (tertiary/aromatic N) is 4. The lowest BCUT2D eigenvalue weighted by Crippen LogP contribution is -2.37. The third-order valence-electron chi connectivity index (χ3n) is 6.87. The van der Waals surface area contributed by atoms with Crippen LogP contribution in [0.3, 0.4) is 0 Å². The molecule has 1 saturated heterocycles. The normalized spacial score (nSPS) is 15.1. The Morgan fingerprint density at radius 1 is 1.18 bits per heavy atom. The summed E-state index contributed by atoms with van der Waals surface area (Å²) in [5, 5.41) is 20.1. The third kappa shape index (κ3) is 7.56. The summed E-state index contributed by atoms with van der Waals surface area (Å²) in [6, 6.07) is 11.3. The van der Waals surface area contributed by atoms with Gasteiger partial charge >= 0.3 is 5.69 Å². The number of nitrogens with one attached hydrogen (secondary N) is 3. The number of carbonyl (C=O) groups is 2. The summed E-state index contributed by atoms with van der Waals surface area (Å²) in [5.41, 5.74) is 9.39. The second-order valence-corrected chi connectivity index (χ2v) is 9.98. The summed E-state index contributed by atoms with van der Waals surface area (Å²) in [4.78, 5) is 40.8. The SMILES string of the molecule is CCc1ccc(-c2cn(CCCNc3ccc([N+](=O)[O-])c(N)n3)cc2NC(=O)CN2CC[C@H](NC(C)=O)C2)cc1. The number of pyridine rings is 1. The van der Waals surface area contributed by atoms with Crippen molar-refractivity contribution >= 4 is 34.8 Å². The average molecular weight is 549 g/mol. The van der Waals surface area contributed by atoms with Crippen LogP contribution in [0.5, 0.6) is 0 Å². The number of nitrogen functional groups attached to an aromatic ring is 1. The molecule has 1 atom stereocenters. The van der Waals surface area contributed by atoms with Crippen molar-refractivity contribution < 1.29 is 14.5 Å². The zero-order valence-corrected chi connectivity index (χ0v) is 22.9. The van der Waals surface area contributed by atoms with Crippen molar-refractivity contribution in [2.24, 2.45) is 0 Å². The third-order valence-corrected chi connectivity index (χ3v) is 6.87. The molecule has 40 heavy (non-hydrogen) atoms. The predicted molar refractivity (Wildman–Crippen MR) is 155 cm³/mol. The predicted octanol–water partition coefficient (Wildman–Crippen LogP) is 3.25.